The number of rotatable bonds is 5. The van der Waals surface area contributed by atoms with E-state index in [0.29, 0.717) is 18.7 Å². The maximum absolute atomic E-state index is 13.0. The number of halogens is 6. The van der Waals surface area contributed by atoms with Gasteiger partial charge in [0.2, 0.25) is 5.91 Å². The van der Waals surface area contributed by atoms with Crippen molar-refractivity contribution in [2.24, 2.45) is 0 Å². The molecule has 162 valence electrons. The number of hydrogen-bond acceptors (Lipinski definition) is 4. The number of aromatic nitrogens is 3. The van der Waals surface area contributed by atoms with Gasteiger partial charge in [0.05, 0.1) is 24.2 Å². The smallest absolute Gasteiger partial charge is 0.335 e. The van der Waals surface area contributed by atoms with E-state index in [2.05, 4.69) is 20.8 Å². The zero-order valence-corrected chi connectivity index (χ0v) is 15.0. The van der Waals surface area contributed by atoms with Gasteiger partial charge in [-0.2, -0.15) is 31.4 Å². The zero-order chi connectivity index (χ0) is 22.1. The number of nitrogens with zero attached hydrogens (tertiary/aromatic N) is 4. The molecule has 3 rings (SSSR count). The van der Waals surface area contributed by atoms with Crippen LogP contribution in [0.5, 0.6) is 0 Å². The molecule has 0 atom stereocenters. The lowest BCUT2D eigenvalue weighted by Gasteiger charge is -2.15. The number of carbonyl (C=O) groups excluding carboxylic acids is 2. The predicted octanol–water partition coefficient (Wildman–Crippen LogP) is 2.43. The van der Waals surface area contributed by atoms with Crippen molar-refractivity contribution in [2.45, 2.75) is 25.3 Å². The van der Waals surface area contributed by atoms with Gasteiger partial charge >= 0.3 is 18.4 Å². The molecule has 0 bridgehead atoms. The molecule has 2 N–H and O–H groups in total. The van der Waals surface area contributed by atoms with E-state index < -0.39 is 41.0 Å². The average molecular weight is 436 g/mol. The summed E-state index contributed by atoms with van der Waals surface area (Å²) in [6.07, 6.45) is -9.04. The molecule has 2 aromatic rings. The maximum Gasteiger partial charge on any atom is 0.416 e. The van der Waals surface area contributed by atoms with Gasteiger partial charge in [-0.15, -0.1) is 0 Å². The SMILES string of the molecule is O=C(CCn1cnc(-c2cc(C(F)(F)F)cc(C(F)(F)F)c2)n1)NN1CCNC1=O. The number of carbonyl (C=O) groups is 2. The summed E-state index contributed by atoms with van der Waals surface area (Å²) in [7, 11) is 0. The second kappa shape index (κ2) is 7.84. The van der Waals surface area contributed by atoms with Gasteiger partial charge in [-0.1, -0.05) is 0 Å². The summed E-state index contributed by atoms with van der Waals surface area (Å²) in [4.78, 5) is 27.0. The molecular formula is C16H14F6N6O2. The highest BCUT2D eigenvalue weighted by Crippen LogP contribution is 2.38. The fourth-order valence-electron chi connectivity index (χ4n) is 2.62. The zero-order valence-electron chi connectivity index (χ0n) is 15.0. The van der Waals surface area contributed by atoms with E-state index in [1.165, 1.54) is 0 Å². The van der Waals surface area contributed by atoms with Crippen molar-refractivity contribution in [3.8, 4) is 11.4 Å². The van der Waals surface area contributed by atoms with Crippen LogP contribution >= 0.6 is 0 Å². The molecule has 1 aliphatic rings. The summed E-state index contributed by atoms with van der Waals surface area (Å²) in [6.45, 7) is 0.608. The van der Waals surface area contributed by atoms with E-state index >= 15 is 0 Å². The van der Waals surface area contributed by atoms with E-state index in [0.717, 1.165) is 16.0 Å². The van der Waals surface area contributed by atoms with Crippen LogP contribution in [0, 0.1) is 0 Å². The molecule has 0 unspecified atom stereocenters. The van der Waals surface area contributed by atoms with Crippen LogP contribution in [0.1, 0.15) is 17.5 Å². The molecule has 1 aliphatic heterocycles. The normalized spacial score (nSPS) is 14.7. The average Bonchev–Trinajstić information content (AvgIpc) is 3.28. The number of amides is 3. The highest BCUT2D eigenvalue weighted by Gasteiger charge is 2.37. The molecule has 1 fully saturated rings. The number of hydrogen-bond donors (Lipinski definition) is 2. The third-order valence-electron chi connectivity index (χ3n) is 4.07. The van der Waals surface area contributed by atoms with Gasteiger partial charge in [0, 0.05) is 18.5 Å². The Labute approximate surface area is 164 Å². The second-order valence-electron chi connectivity index (χ2n) is 6.29. The molecule has 0 spiro atoms. The van der Waals surface area contributed by atoms with Crippen molar-refractivity contribution in [3.63, 3.8) is 0 Å². The van der Waals surface area contributed by atoms with E-state index in [1.54, 1.807) is 0 Å². The fourth-order valence-corrected chi connectivity index (χ4v) is 2.62. The fraction of sp³-hybridized carbons (Fsp3) is 0.375. The highest BCUT2D eigenvalue weighted by atomic mass is 19.4. The third-order valence-corrected chi connectivity index (χ3v) is 4.07. The molecule has 1 aromatic heterocycles. The molecule has 8 nitrogen and oxygen atoms in total. The topological polar surface area (TPSA) is 92.2 Å². The van der Waals surface area contributed by atoms with Crippen LogP contribution in [-0.4, -0.2) is 44.8 Å². The van der Waals surface area contributed by atoms with Crippen LogP contribution in [0.3, 0.4) is 0 Å². The number of aryl methyl sites for hydroxylation is 1. The Morgan fingerprint density at radius 2 is 1.73 bits per heavy atom. The number of hydrazine groups is 1. The van der Waals surface area contributed by atoms with Crippen molar-refractivity contribution in [3.05, 3.63) is 35.7 Å². The van der Waals surface area contributed by atoms with Crippen molar-refractivity contribution in [1.29, 1.82) is 0 Å². The molecule has 3 amide bonds. The van der Waals surface area contributed by atoms with E-state index in [4.69, 9.17) is 0 Å². The quantitative estimate of drug-likeness (QED) is 0.705. The first kappa shape index (κ1) is 21.4. The van der Waals surface area contributed by atoms with Crippen molar-refractivity contribution >= 4 is 11.9 Å². The van der Waals surface area contributed by atoms with Crippen molar-refractivity contribution in [1.82, 2.24) is 30.5 Å². The van der Waals surface area contributed by atoms with E-state index in [-0.39, 0.29) is 31.4 Å². The summed E-state index contributed by atoms with van der Waals surface area (Å²) in [5.41, 5.74) is -1.07. The third kappa shape index (κ3) is 4.99. The number of benzene rings is 1. The second-order valence-corrected chi connectivity index (χ2v) is 6.29. The van der Waals surface area contributed by atoms with Crippen molar-refractivity contribution in [2.75, 3.05) is 13.1 Å². The Balaban J connectivity index is 1.73. The van der Waals surface area contributed by atoms with E-state index in [1.807, 2.05) is 0 Å². The van der Waals surface area contributed by atoms with Crippen LogP contribution in [0.4, 0.5) is 31.1 Å². The van der Waals surface area contributed by atoms with Crippen LogP contribution in [0.2, 0.25) is 0 Å². The Morgan fingerprint density at radius 1 is 1.10 bits per heavy atom. The van der Waals surface area contributed by atoms with Gasteiger partial charge in [-0.3, -0.25) is 14.9 Å². The molecule has 1 saturated heterocycles. The van der Waals surface area contributed by atoms with Gasteiger partial charge in [0.25, 0.3) is 0 Å². The Kier molecular flexibility index (Phi) is 5.59. The summed E-state index contributed by atoms with van der Waals surface area (Å²) in [6, 6.07) is 0.594. The number of alkyl halides is 6. The summed E-state index contributed by atoms with van der Waals surface area (Å²) < 4.78 is 78.9. The maximum atomic E-state index is 13.0. The first-order chi connectivity index (χ1) is 13.9. The molecule has 0 saturated carbocycles. The Hall–Kier alpha value is -3.32. The molecule has 2 heterocycles. The number of urea groups is 1. The molecule has 0 aliphatic carbocycles. The number of nitrogens with one attached hydrogen (secondary N) is 2. The minimum Gasteiger partial charge on any atom is -0.335 e. The van der Waals surface area contributed by atoms with Gasteiger partial charge < -0.3 is 5.32 Å². The predicted molar refractivity (Wildman–Crippen MR) is 88.3 cm³/mol. The standard InChI is InChI=1S/C16H14F6N6O2/c17-15(18,19)10-5-9(6-11(7-10)16(20,21)22)13-24-8-27(26-13)3-1-12(29)25-28-4-2-23-14(28)30/h5-8H,1-4H2,(H,23,30)(H,25,29). The molecule has 14 heteroatoms. The summed E-state index contributed by atoms with van der Waals surface area (Å²) in [5.74, 6) is -0.881. The molecule has 30 heavy (non-hydrogen) atoms. The van der Waals surface area contributed by atoms with Gasteiger partial charge in [-0.05, 0) is 18.2 Å². The lowest BCUT2D eigenvalue weighted by Crippen LogP contribution is -2.44. The lowest BCUT2D eigenvalue weighted by molar-refractivity contribution is -0.143. The largest absolute Gasteiger partial charge is 0.416 e. The Bertz CT molecular complexity index is 922. The highest BCUT2D eigenvalue weighted by molar-refractivity contribution is 5.82. The van der Waals surface area contributed by atoms with Crippen LogP contribution in [0.25, 0.3) is 11.4 Å². The first-order valence-corrected chi connectivity index (χ1v) is 8.47. The van der Waals surface area contributed by atoms with Crippen LogP contribution in [-0.2, 0) is 23.7 Å². The summed E-state index contributed by atoms with van der Waals surface area (Å²) in [5, 5.41) is 7.41. The molecule has 0 radical (unpaired) electrons. The van der Waals surface area contributed by atoms with Gasteiger partial charge in [-0.25, -0.2) is 14.8 Å². The van der Waals surface area contributed by atoms with E-state index in [9.17, 15) is 35.9 Å². The van der Waals surface area contributed by atoms with Crippen molar-refractivity contribution < 1.29 is 35.9 Å². The minimum absolute atomic E-state index is 0.0132. The van der Waals surface area contributed by atoms with Gasteiger partial charge in [0.1, 0.15) is 6.33 Å². The molecule has 1 aromatic carbocycles. The summed E-state index contributed by atoms with van der Waals surface area (Å²) >= 11 is 0. The minimum atomic E-state index is -4.99. The van der Waals surface area contributed by atoms with Gasteiger partial charge in [0.15, 0.2) is 5.82 Å². The lowest BCUT2D eigenvalue weighted by atomic mass is 10.0. The first-order valence-electron chi connectivity index (χ1n) is 8.47. The monoisotopic (exact) mass is 436 g/mol. The molecular weight excluding hydrogens is 422 g/mol. The Morgan fingerprint density at radius 3 is 2.27 bits per heavy atom. The van der Waals surface area contributed by atoms with Crippen LogP contribution in [0.15, 0.2) is 24.5 Å². The van der Waals surface area contributed by atoms with Crippen LogP contribution < -0.4 is 10.7 Å².